The first-order valence-electron chi connectivity index (χ1n) is 6.28. The van der Waals surface area contributed by atoms with Gasteiger partial charge < -0.3 is 14.4 Å². The van der Waals surface area contributed by atoms with Crippen LogP contribution in [-0.4, -0.2) is 28.4 Å². The molecule has 1 aliphatic rings. The molecule has 6 heteroatoms. The van der Waals surface area contributed by atoms with Crippen LogP contribution in [0.4, 0.5) is 0 Å². The van der Waals surface area contributed by atoms with Crippen LogP contribution in [0.1, 0.15) is 24.4 Å². The van der Waals surface area contributed by atoms with Crippen molar-refractivity contribution in [1.82, 2.24) is 20.6 Å². The van der Waals surface area contributed by atoms with Gasteiger partial charge in [-0.15, -0.1) is 0 Å². The second-order valence-corrected chi connectivity index (χ2v) is 4.76. The Bertz CT molecular complexity index is 514. The van der Waals surface area contributed by atoms with Crippen molar-refractivity contribution < 1.29 is 9.05 Å². The summed E-state index contributed by atoms with van der Waals surface area (Å²) in [6.45, 7) is 3.99. The fourth-order valence-corrected chi connectivity index (χ4v) is 2.26. The number of hydrogen-bond acceptors (Lipinski definition) is 6. The topological polar surface area (TPSA) is 77.0 Å². The van der Waals surface area contributed by atoms with Gasteiger partial charge in [0, 0.05) is 12.5 Å². The molecule has 18 heavy (non-hydrogen) atoms. The van der Waals surface area contributed by atoms with Gasteiger partial charge in [0.25, 0.3) is 5.89 Å². The number of nitrogens with one attached hydrogen (secondary N) is 1. The van der Waals surface area contributed by atoms with E-state index < -0.39 is 0 Å². The second-order valence-electron chi connectivity index (χ2n) is 4.76. The molecule has 3 heterocycles. The SMILES string of the molecule is Cc1cc(-c2nc(CC3CCCNC3)no2)no1. The van der Waals surface area contributed by atoms with Crippen molar-refractivity contribution in [1.29, 1.82) is 0 Å². The second kappa shape index (κ2) is 4.89. The predicted octanol–water partition coefficient (Wildman–Crippen LogP) is 1.58. The summed E-state index contributed by atoms with van der Waals surface area (Å²) in [4.78, 5) is 4.36. The highest BCUT2D eigenvalue weighted by Gasteiger charge is 2.18. The molecule has 3 rings (SSSR count). The molecule has 1 unspecified atom stereocenters. The van der Waals surface area contributed by atoms with Gasteiger partial charge in [0.05, 0.1) is 0 Å². The third kappa shape index (κ3) is 2.43. The van der Waals surface area contributed by atoms with Crippen LogP contribution < -0.4 is 5.32 Å². The van der Waals surface area contributed by atoms with Gasteiger partial charge in [-0.05, 0) is 38.8 Å². The Balaban J connectivity index is 1.69. The molecule has 1 N–H and O–H groups in total. The summed E-state index contributed by atoms with van der Waals surface area (Å²) in [7, 11) is 0. The molecule has 1 saturated heterocycles. The molecule has 1 fully saturated rings. The Morgan fingerprint density at radius 3 is 3.06 bits per heavy atom. The van der Waals surface area contributed by atoms with Gasteiger partial charge in [-0.1, -0.05) is 10.3 Å². The summed E-state index contributed by atoms with van der Waals surface area (Å²) >= 11 is 0. The highest BCUT2D eigenvalue weighted by Crippen LogP contribution is 2.19. The quantitative estimate of drug-likeness (QED) is 0.888. The molecule has 2 aromatic rings. The van der Waals surface area contributed by atoms with Gasteiger partial charge in [0.2, 0.25) is 0 Å². The predicted molar refractivity (Wildman–Crippen MR) is 63.8 cm³/mol. The highest BCUT2D eigenvalue weighted by atomic mass is 16.5. The average Bonchev–Trinajstić information content (AvgIpc) is 2.99. The van der Waals surface area contributed by atoms with Crippen molar-refractivity contribution in [2.45, 2.75) is 26.2 Å². The van der Waals surface area contributed by atoms with Crippen LogP contribution in [0.15, 0.2) is 15.1 Å². The van der Waals surface area contributed by atoms with E-state index in [2.05, 4.69) is 20.6 Å². The number of rotatable bonds is 3. The molecule has 2 aromatic heterocycles. The van der Waals surface area contributed by atoms with E-state index in [1.165, 1.54) is 12.8 Å². The number of hydrogen-bond donors (Lipinski definition) is 1. The minimum absolute atomic E-state index is 0.436. The molecule has 0 aromatic carbocycles. The van der Waals surface area contributed by atoms with Crippen LogP contribution in [0, 0.1) is 12.8 Å². The van der Waals surface area contributed by atoms with Crippen molar-refractivity contribution in [2.75, 3.05) is 13.1 Å². The standard InChI is InChI=1S/C12H16N4O2/c1-8-5-10(15-17-8)12-14-11(16-18-12)6-9-3-2-4-13-7-9/h5,9,13H,2-4,6-7H2,1H3. The van der Waals surface area contributed by atoms with E-state index in [0.29, 0.717) is 17.5 Å². The van der Waals surface area contributed by atoms with Gasteiger partial charge in [-0.3, -0.25) is 0 Å². The van der Waals surface area contributed by atoms with Crippen LogP contribution in [-0.2, 0) is 6.42 Å². The van der Waals surface area contributed by atoms with E-state index in [1.807, 2.05) is 6.92 Å². The normalized spacial score (nSPS) is 20.2. The molecule has 0 radical (unpaired) electrons. The number of aromatic nitrogens is 3. The van der Waals surface area contributed by atoms with Crippen molar-refractivity contribution in [3.8, 4) is 11.6 Å². The molecule has 6 nitrogen and oxygen atoms in total. The molecule has 0 aliphatic carbocycles. The van der Waals surface area contributed by atoms with E-state index in [1.54, 1.807) is 6.07 Å². The van der Waals surface area contributed by atoms with Gasteiger partial charge in [-0.2, -0.15) is 4.98 Å². The van der Waals surface area contributed by atoms with Gasteiger partial charge in [0.15, 0.2) is 11.5 Å². The summed E-state index contributed by atoms with van der Waals surface area (Å²) in [6.07, 6.45) is 3.30. The fourth-order valence-electron chi connectivity index (χ4n) is 2.26. The molecule has 0 bridgehead atoms. The molecule has 0 saturated carbocycles. The number of aryl methyl sites for hydroxylation is 1. The molecule has 96 valence electrons. The van der Waals surface area contributed by atoms with Gasteiger partial charge in [-0.25, -0.2) is 0 Å². The maximum atomic E-state index is 5.20. The summed E-state index contributed by atoms with van der Waals surface area (Å²) in [5, 5.41) is 11.2. The lowest BCUT2D eigenvalue weighted by Crippen LogP contribution is -2.31. The van der Waals surface area contributed by atoms with Gasteiger partial charge >= 0.3 is 0 Å². The number of piperidine rings is 1. The molecule has 1 atom stereocenters. The Hall–Kier alpha value is -1.69. The first-order chi connectivity index (χ1) is 8.81. The van der Waals surface area contributed by atoms with Gasteiger partial charge in [0.1, 0.15) is 5.76 Å². The summed E-state index contributed by atoms with van der Waals surface area (Å²) in [5.74, 6) is 2.52. The van der Waals surface area contributed by atoms with Crippen LogP contribution in [0.2, 0.25) is 0 Å². The van der Waals surface area contributed by atoms with E-state index in [-0.39, 0.29) is 0 Å². The number of nitrogens with zero attached hydrogens (tertiary/aromatic N) is 3. The van der Waals surface area contributed by atoms with Crippen LogP contribution >= 0.6 is 0 Å². The largest absolute Gasteiger partial charge is 0.361 e. The Kier molecular flexibility index (Phi) is 3.10. The summed E-state index contributed by atoms with van der Waals surface area (Å²) in [5.41, 5.74) is 0.605. The zero-order chi connectivity index (χ0) is 12.4. The monoisotopic (exact) mass is 248 g/mol. The van der Waals surface area contributed by atoms with Crippen LogP contribution in [0.3, 0.4) is 0 Å². The van der Waals surface area contributed by atoms with Crippen molar-refractivity contribution in [3.05, 3.63) is 17.7 Å². The Morgan fingerprint density at radius 2 is 2.33 bits per heavy atom. The van der Waals surface area contributed by atoms with Crippen molar-refractivity contribution in [2.24, 2.45) is 5.92 Å². The van der Waals surface area contributed by atoms with E-state index in [4.69, 9.17) is 9.05 Å². The zero-order valence-electron chi connectivity index (χ0n) is 10.3. The highest BCUT2D eigenvalue weighted by molar-refractivity contribution is 5.45. The van der Waals surface area contributed by atoms with E-state index in [9.17, 15) is 0 Å². The maximum Gasteiger partial charge on any atom is 0.280 e. The Morgan fingerprint density at radius 1 is 1.39 bits per heavy atom. The molecule has 1 aliphatic heterocycles. The minimum atomic E-state index is 0.436. The van der Waals surface area contributed by atoms with Crippen molar-refractivity contribution in [3.63, 3.8) is 0 Å². The first-order valence-corrected chi connectivity index (χ1v) is 6.28. The van der Waals surface area contributed by atoms with Crippen LogP contribution in [0.25, 0.3) is 11.6 Å². The lowest BCUT2D eigenvalue weighted by Gasteiger charge is -2.20. The molecular weight excluding hydrogens is 232 g/mol. The summed E-state index contributed by atoms with van der Waals surface area (Å²) in [6, 6.07) is 1.79. The molecular formula is C12H16N4O2. The fraction of sp³-hybridized carbons (Fsp3) is 0.583. The third-order valence-electron chi connectivity index (χ3n) is 3.19. The Labute approximate surface area is 105 Å². The van der Waals surface area contributed by atoms with Crippen LogP contribution in [0.5, 0.6) is 0 Å². The minimum Gasteiger partial charge on any atom is -0.361 e. The molecule has 0 spiro atoms. The smallest absolute Gasteiger partial charge is 0.280 e. The lowest BCUT2D eigenvalue weighted by atomic mass is 9.96. The lowest BCUT2D eigenvalue weighted by molar-refractivity contribution is 0.358. The zero-order valence-corrected chi connectivity index (χ0v) is 10.3. The van der Waals surface area contributed by atoms with Crippen molar-refractivity contribution >= 4 is 0 Å². The maximum absolute atomic E-state index is 5.20. The van der Waals surface area contributed by atoms with E-state index >= 15 is 0 Å². The van der Waals surface area contributed by atoms with E-state index in [0.717, 1.165) is 31.1 Å². The first kappa shape index (κ1) is 11.4. The third-order valence-corrected chi connectivity index (χ3v) is 3.19. The molecule has 0 amide bonds. The summed E-state index contributed by atoms with van der Waals surface area (Å²) < 4.78 is 10.2. The average molecular weight is 248 g/mol.